The number of nitrogens with zero attached hydrogens (tertiary/aromatic N) is 2. The van der Waals surface area contributed by atoms with Crippen molar-refractivity contribution in [2.24, 2.45) is 7.05 Å². The highest BCUT2D eigenvalue weighted by molar-refractivity contribution is 7.84. The van der Waals surface area contributed by atoms with Crippen molar-refractivity contribution in [3.63, 3.8) is 0 Å². The molecule has 0 radical (unpaired) electrons. The lowest BCUT2D eigenvalue weighted by Crippen LogP contribution is -2.01. The zero-order valence-corrected chi connectivity index (χ0v) is 11.1. The highest BCUT2D eigenvalue weighted by atomic mass is 32.2. The summed E-state index contributed by atoms with van der Waals surface area (Å²) in [7, 11) is 2.17. The molecule has 1 heterocycles. The number of hydrogen-bond acceptors (Lipinski definition) is 4. The Morgan fingerprint density at radius 1 is 1.44 bits per heavy atom. The van der Waals surface area contributed by atoms with Gasteiger partial charge in [-0.3, -0.25) is 8.89 Å². The lowest BCUT2D eigenvalue weighted by atomic mass is 10.3. The van der Waals surface area contributed by atoms with Crippen LogP contribution < -0.4 is 10.5 Å². The molecule has 0 saturated carbocycles. The maximum atomic E-state index is 12.3. The predicted molar refractivity (Wildman–Crippen MR) is 70.7 cm³/mol. The van der Waals surface area contributed by atoms with E-state index in [1.54, 1.807) is 22.9 Å². The van der Waals surface area contributed by atoms with Crippen LogP contribution in [0.5, 0.6) is 5.75 Å². The molecule has 0 saturated heterocycles. The van der Waals surface area contributed by atoms with E-state index >= 15 is 0 Å². The molecule has 0 aliphatic heterocycles. The fourth-order valence-corrected chi connectivity index (χ4v) is 2.79. The van der Waals surface area contributed by atoms with Gasteiger partial charge in [0.15, 0.2) is 0 Å². The van der Waals surface area contributed by atoms with E-state index < -0.39 is 10.8 Å². The number of ether oxygens (including phenoxy) is 1. The minimum absolute atomic E-state index is 0.362. The normalized spacial score (nSPS) is 12.3. The zero-order valence-electron chi connectivity index (χ0n) is 10.3. The molecule has 1 aromatic carbocycles. The number of aromatic nitrogens is 2. The Morgan fingerprint density at radius 2 is 2.22 bits per heavy atom. The predicted octanol–water partition coefficient (Wildman–Crippen LogP) is 1.32. The highest BCUT2D eigenvalue weighted by Crippen LogP contribution is 2.26. The second-order valence-electron chi connectivity index (χ2n) is 3.88. The number of anilines is 1. The molecule has 1 atom stereocenters. The lowest BCUT2D eigenvalue weighted by Gasteiger charge is -2.08. The third-order valence-corrected chi connectivity index (χ3v) is 3.87. The van der Waals surface area contributed by atoms with Crippen molar-refractivity contribution in [3.05, 3.63) is 36.2 Å². The van der Waals surface area contributed by atoms with Gasteiger partial charge in [0, 0.05) is 25.0 Å². The average Bonchev–Trinajstić information content (AvgIpc) is 2.74. The Bertz CT molecular complexity index is 580. The van der Waals surface area contributed by atoms with Gasteiger partial charge in [0.05, 0.1) is 34.3 Å². The molecule has 0 aliphatic rings. The smallest absolute Gasteiger partial charge is 0.137 e. The van der Waals surface area contributed by atoms with Crippen molar-refractivity contribution in [3.8, 4) is 5.75 Å². The van der Waals surface area contributed by atoms with Gasteiger partial charge < -0.3 is 10.5 Å². The van der Waals surface area contributed by atoms with Crippen LogP contribution in [0.3, 0.4) is 0 Å². The van der Waals surface area contributed by atoms with Gasteiger partial charge in [-0.05, 0) is 18.2 Å². The molecule has 5 nitrogen and oxygen atoms in total. The van der Waals surface area contributed by atoms with Gasteiger partial charge in [-0.15, -0.1) is 0 Å². The average molecular weight is 265 g/mol. The van der Waals surface area contributed by atoms with Crippen LogP contribution in [0, 0.1) is 0 Å². The van der Waals surface area contributed by atoms with E-state index in [2.05, 4.69) is 5.10 Å². The third-order valence-electron chi connectivity index (χ3n) is 2.48. The second-order valence-corrected chi connectivity index (χ2v) is 5.30. The molecule has 2 N–H and O–H groups in total. The summed E-state index contributed by atoms with van der Waals surface area (Å²) in [5, 5.41) is 4.21. The highest BCUT2D eigenvalue weighted by Gasteiger charge is 2.12. The van der Waals surface area contributed by atoms with Gasteiger partial charge in [0.25, 0.3) is 0 Å². The molecular weight excluding hydrogens is 250 g/mol. The van der Waals surface area contributed by atoms with E-state index in [9.17, 15) is 4.21 Å². The molecule has 6 heteroatoms. The Labute approximate surface area is 108 Å². The largest absolute Gasteiger partial charge is 0.495 e. The molecule has 1 unspecified atom stereocenters. The van der Waals surface area contributed by atoms with E-state index in [1.165, 1.54) is 7.11 Å². The summed E-state index contributed by atoms with van der Waals surface area (Å²) in [6.07, 6.45) is 1.83. The minimum atomic E-state index is -1.20. The first-order chi connectivity index (χ1) is 8.60. The second kappa shape index (κ2) is 5.22. The molecule has 0 aliphatic carbocycles. The van der Waals surface area contributed by atoms with Crippen molar-refractivity contribution in [2.45, 2.75) is 10.6 Å². The molecule has 1 aromatic heterocycles. The fraction of sp³-hybridized carbons (Fsp3) is 0.250. The molecule has 2 aromatic rings. The van der Waals surface area contributed by atoms with Crippen molar-refractivity contribution in [1.29, 1.82) is 0 Å². The fourth-order valence-electron chi connectivity index (χ4n) is 1.62. The first kappa shape index (κ1) is 12.6. The van der Waals surface area contributed by atoms with Crippen LogP contribution in [0.1, 0.15) is 5.69 Å². The summed E-state index contributed by atoms with van der Waals surface area (Å²) < 4.78 is 19.1. The molecule has 0 fully saturated rings. The summed E-state index contributed by atoms with van der Waals surface area (Å²) in [6, 6.07) is 6.97. The standard InChI is InChI=1S/C12H15N3O2S/c1-15-6-5-10(14-15)8-18(16)12-4-3-9(13)7-11(12)17-2/h3-7H,8,13H2,1-2H3. The number of nitrogens with two attached hydrogens (primary N) is 1. The van der Waals surface area contributed by atoms with Crippen molar-refractivity contribution >= 4 is 16.5 Å². The van der Waals surface area contributed by atoms with Crippen LogP contribution in [0.4, 0.5) is 5.69 Å². The van der Waals surface area contributed by atoms with Crippen LogP contribution in [-0.4, -0.2) is 21.1 Å². The summed E-state index contributed by atoms with van der Waals surface area (Å²) in [5.41, 5.74) is 7.04. The van der Waals surface area contributed by atoms with Gasteiger partial charge in [0.2, 0.25) is 0 Å². The van der Waals surface area contributed by atoms with Crippen LogP contribution in [0.25, 0.3) is 0 Å². The monoisotopic (exact) mass is 265 g/mol. The third kappa shape index (κ3) is 2.70. The summed E-state index contributed by atoms with van der Waals surface area (Å²) in [4.78, 5) is 0.636. The number of benzene rings is 1. The van der Waals surface area contributed by atoms with E-state index in [1.807, 2.05) is 19.3 Å². The van der Waals surface area contributed by atoms with Gasteiger partial charge in [-0.25, -0.2) is 0 Å². The molecule has 2 rings (SSSR count). The van der Waals surface area contributed by atoms with Crippen LogP contribution in [0.2, 0.25) is 0 Å². The van der Waals surface area contributed by atoms with Crippen molar-refractivity contribution in [2.75, 3.05) is 12.8 Å². The van der Waals surface area contributed by atoms with E-state index in [0.29, 0.717) is 22.1 Å². The number of hydrogen-bond donors (Lipinski definition) is 1. The Morgan fingerprint density at radius 3 is 2.83 bits per heavy atom. The Balaban J connectivity index is 2.23. The summed E-state index contributed by atoms with van der Waals surface area (Å²) >= 11 is 0. The van der Waals surface area contributed by atoms with Gasteiger partial charge in [0.1, 0.15) is 5.75 Å². The molecule has 18 heavy (non-hydrogen) atoms. The number of aryl methyl sites for hydroxylation is 1. The lowest BCUT2D eigenvalue weighted by molar-refractivity contribution is 0.404. The van der Waals surface area contributed by atoms with Gasteiger partial charge in [-0.2, -0.15) is 5.10 Å². The molecule has 0 spiro atoms. The first-order valence-corrected chi connectivity index (χ1v) is 6.72. The van der Waals surface area contributed by atoms with Crippen LogP contribution in [-0.2, 0) is 23.6 Å². The number of methoxy groups -OCH3 is 1. The Hall–Kier alpha value is -1.82. The topological polar surface area (TPSA) is 70.1 Å². The molecule has 96 valence electrons. The SMILES string of the molecule is COc1cc(N)ccc1S(=O)Cc1ccn(C)n1. The van der Waals surface area contributed by atoms with Gasteiger partial charge >= 0.3 is 0 Å². The number of rotatable bonds is 4. The van der Waals surface area contributed by atoms with E-state index in [0.717, 1.165) is 5.69 Å². The number of nitrogen functional groups attached to an aromatic ring is 1. The quantitative estimate of drug-likeness (QED) is 0.846. The summed E-state index contributed by atoms with van der Waals surface area (Å²) in [6.45, 7) is 0. The summed E-state index contributed by atoms with van der Waals surface area (Å²) in [5.74, 6) is 0.908. The van der Waals surface area contributed by atoms with E-state index in [4.69, 9.17) is 10.5 Å². The molecule has 0 bridgehead atoms. The molecule has 0 amide bonds. The van der Waals surface area contributed by atoms with Crippen molar-refractivity contribution in [1.82, 2.24) is 9.78 Å². The van der Waals surface area contributed by atoms with Crippen LogP contribution in [0.15, 0.2) is 35.4 Å². The maximum Gasteiger partial charge on any atom is 0.137 e. The van der Waals surface area contributed by atoms with Crippen molar-refractivity contribution < 1.29 is 8.95 Å². The maximum absolute atomic E-state index is 12.3. The molecular formula is C12H15N3O2S. The Kier molecular flexibility index (Phi) is 3.66. The van der Waals surface area contributed by atoms with Gasteiger partial charge in [-0.1, -0.05) is 0 Å². The van der Waals surface area contributed by atoms with Crippen LogP contribution >= 0.6 is 0 Å². The first-order valence-electron chi connectivity index (χ1n) is 5.40. The zero-order chi connectivity index (χ0) is 13.1. The minimum Gasteiger partial charge on any atom is -0.495 e. The van der Waals surface area contributed by atoms with E-state index in [-0.39, 0.29) is 0 Å².